The van der Waals surface area contributed by atoms with E-state index in [2.05, 4.69) is 29.6 Å². The standard InChI is InChI=1S/C16H15NOS/c1-18-14-9-8-13(11-5-2-3-6-12(11)14)16(17)15-7-4-10-19-15/h2-10,16H,17H2,1H3/t16-/m1/s1. The highest BCUT2D eigenvalue weighted by atomic mass is 32.1. The molecular formula is C16H15NOS. The van der Waals surface area contributed by atoms with Gasteiger partial charge in [-0.1, -0.05) is 36.4 Å². The van der Waals surface area contributed by atoms with Crippen LogP contribution in [0.2, 0.25) is 0 Å². The van der Waals surface area contributed by atoms with E-state index in [4.69, 9.17) is 10.5 Å². The van der Waals surface area contributed by atoms with Crippen molar-refractivity contribution in [3.8, 4) is 5.75 Å². The highest BCUT2D eigenvalue weighted by Crippen LogP contribution is 2.34. The fourth-order valence-corrected chi connectivity index (χ4v) is 3.11. The van der Waals surface area contributed by atoms with Crippen LogP contribution in [0.25, 0.3) is 10.8 Å². The zero-order valence-corrected chi connectivity index (χ0v) is 11.5. The zero-order chi connectivity index (χ0) is 13.2. The smallest absolute Gasteiger partial charge is 0.126 e. The average molecular weight is 269 g/mol. The van der Waals surface area contributed by atoms with Crippen molar-refractivity contribution in [3.05, 3.63) is 64.4 Å². The van der Waals surface area contributed by atoms with Gasteiger partial charge in [0.1, 0.15) is 5.75 Å². The number of hydrogen-bond acceptors (Lipinski definition) is 3. The van der Waals surface area contributed by atoms with Gasteiger partial charge in [-0.25, -0.2) is 0 Å². The van der Waals surface area contributed by atoms with E-state index in [0.717, 1.165) is 22.1 Å². The molecule has 1 atom stereocenters. The fraction of sp³-hybridized carbons (Fsp3) is 0.125. The third-order valence-electron chi connectivity index (χ3n) is 3.32. The molecule has 0 amide bonds. The highest BCUT2D eigenvalue weighted by Gasteiger charge is 2.14. The van der Waals surface area contributed by atoms with Crippen LogP contribution in [-0.2, 0) is 0 Å². The number of methoxy groups -OCH3 is 1. The van der Waals surface area contributed by atoms with Gasteiger partial charge in [-0.2, -0.15) is 0 Å². The van der Waals surface area contributed by atoms with Crippen LogP contribution in [0.1, 0.15) is 16.5 Å². The number of thiophene rings is 1. The molecule has 3 rings (SSSR count). The molecule has 2 aromatic carbocycles. The number of benzene rings is 2. The summed E-state index contributed by atoms with van der Waals surface area (Å²) in [6, 6.07) is 16.3. The van der Waals surface area contributed by atoms with Crippen LogP contribution in [0.4, 0.5) is 0 Å². The monoisotopic (exact) mass is 269 g/mol. The number of hydrogen-bond donors (Lipinski definition) is 1. The second-order valence-electron chi connectivity index (χ2n) is 4.40. The maximum absolute atomic E-state index is 6.39. The van der Waals surface area contributed by atoms with Gasteiger partial charge < -0.3 is 10.5 Å². The topological polar surface area (TPSA) is 35.2 Å². The molecule has 0 saturated carbocycles. The zero-order valence-electron chi connectivity index (χ0n) is 10.7. The molecule has 0 aliphatic carbocycles. The summed E-state index contributed by atoms with van der Waals surface area (Å²) < 4.78 is 5.41. The van der Waals surface area contributed by atoms with Crippen LogP contribution >= 0.6 is 11.3 Å². The number of fused-ring (bicyclic) bond motifs is 1. The van der Waals surface area contributed by atoms with Crippen molar-refractivity contribution in [2.24, 2.45) is 5.73 Å². The first-order valence-electron chi connectivity index (χ1n) is 6.16. The van der Waals surface area contributed by atoms with Gasteiger partial charge in [0.15, 0.2) is 0 Å². The fourth-order valence-electron chi connectivity index (χ4n) is 2.37. The summed E-state index contributed by atoms with van der Waals surface area (Å²) >= 11 is 1.69. The highest BCUT2D eigenvalue weighted by molar-refractivity contribution is 7.10. The van der Waals surface area contributed by atoms with Gasteiger partial charge in [0, 0.05) is 10.3 Å². The molecule has 1 aromatic heterocycles. The van der Waals surface area contributed by atoms with E-state index < -0.39 is 0 Å². The maximum atomic E-state index is 6.39. The molecule has 19 heavy (non-hydrogen) atoms. The van der Waals surface area contributed by atoms with Gasteiger partial charge in [-0.3, -0.25) is 0 Å². The Morgan fingerprint density at radius 2 is 1.79 bits per heavy atom. The lowest BCUT2D eigenvalue weighted by Crippen LogP contribution is -2.10. The maximum Gasteiger partial charge on any atom is 0.126 e. The van der Waals surface area contributed by atoms with E-state index in [1.165, 1.54) is 4.88 Å². The van der Waals surface area contributed by atoms with Crippen molar-refractivity contribution in [1.29, 1.82) is 0 Å². The molecule has 0 spiro atoms. The second kappa shape index (κ2) is 5.03. The summed E-state index contributed by atoms with van der Waals surface area (Å²) in [6.07, 6.45) is 0. The van der Waals surface area contributed by atoms with Crippen molar-refractivity contribution < 1.29 is 4.74 Å². The summed E-state index contributed by atoms with van der Waals surface area (Å²) in [6.45, 7) is 0. The molecule has 96 valence electrons. The Morgan fingerprint density at radius 1 is 1.00 bits per heavy atom. The second-order valence-corrected chi connectivity index (χ2v) is 5.37. The van der Waals surface area contributed by atoms with Crippen LogP contribution in [0.15, 0.2) is 53.9 Å². The van der Waals surface area contributed by atoms with E-state index in [1.54, 1.807) is 18.4 Å². The summed E-state index contributed by atoms with van der Waals surface area (Å²) in [5.74, 6) is 0.887. The van der Waals surface area contributed by atoms with Gasteiger partial charge in [0.05, 0.1) is 13.2 Å². The Labute approximate surface area is 116 Å². The minimum Gasteiger partial charge on any atom is -0.496 e. The molecule has 0 aliphatic rings. The molecule has 0 bridgehead atoms. The minimum atomic E-state index is -0.0872. The van der Waals surface area contributed by atoms with Crippen LogP contribution in [0, 0.1) is 0 Å². The summed E-state index contributed by atoms with van der Waals surface area (Å²) in [5, 5.41) is 4.32. The predicted octanol–water partition coefficient (Wildman–Crippen LogP) is 3.96. The minimum absolute atomic E-state index is 0.0872. The lowest BCUT2D eigenvalue weighted by molar-refractivity contribution is 0.419. The van der Waals surface area contributed by atoms with E-state index >= 15 is 0 Å². The van der Waals surface area contributed by atoms with Gasteiger partial charge in [-0.05, 0) is 28.5 Å². The molecule has 3 heteroatoms. The van der Waals surface area contributed by atoms with Gasteiger partial charge in [0.2, 0.25) is 0 Å². The Hall–Kier alpha value is -1.84. The molecule has 0 fully saturated rings. The molecule has 0 unspecified atom stereocenters. The first-order valence-corrected chi connectivity index (χ1v) is 7.04. The number of rotatable bonds is 3. The molecule has 0 radical (unpaired) electrons. The van der Waals surface area contributed by atoms with Crippen LogP contribution in [-0.4, -0.2) is 7.11 Å². The third-order valence-corrected chi connectivity index (χ3v) is 4.28. The summed E-state index contributed by atoms with van der Waals surface area (Å²) in [4.78, 5) is 1.18. The molecule has 0 aliphatic heterocycles. The van der Waals surface area contributed by atoms with E-state index in [-0.39, 0.29) is 6.04 Å². The van der Waals surface area contributed by atoms with Crippen LogP contribution in [0.3, 0.4) is 0 Å². The van der Waals surface area contributed by atoms with E-state index in [1.807, 2.05) is 24.3 Å². The van der Waals surface area contributed by atoms with Crippen LogP contribution in [0.5, 0.6) is 5.75 Å². The Bertz CT molecular complexity index is 691. The number of ether oxygens (including phenoxy) is 1. The summed E-state index contributed by atoms with van der Waals surface area (Å²) in [7, 11) is 1.70. The molecule has 3 aromatic rings. The van der Waals surface area contributed by atoms with E-state index in [0.29, 0.717) is 0 Å². The quantitative estimate of drug-likeness (QED) is 0.781. The van der Waals surface area contributed by atoms with Gasteiger partial charge in [0.25, 0.3) is 0 Å². The largest absolute Gasteiger partial charge is 0.496 e. The Kier molecular flexibility index (Phi) is 3.23. The summed E-state index contributed by atoms with van der Waals surface area (Å²) in [5.41, 5.74) is 7.53. The molecule has 1 heterocycles. The van der Waals surface area contributed by atoms with Gasteiger partial charge >= 0.3 is 0 Å². The van der Waals surface area contributed by atoms with E-state index in [9.17, 15) is 0 Å². The van der Waals surface area contributed by atoms with Crippen molar-refractivity contribution >= 4 is 22.1 Å². The lowest BCUT2D eigenvalue weighted by Gasteiger charge is -2.15. The first-order chi connectivity index (χ1) is 9.31. The van der Waals surface area contributed by atoms with Crippen LogP contribution < -0.4 is 10.5 Å². The lowest BCUT2D eigenvalue weighted by atomic mass is 9.97. The molecular weight excluding hydrogens is 254 g/mol. The molecule has 0 saturated heterocycles. The Balaban J connectivity index is 2.20. The molecule has 2 nitrogen and oxygen atoms in total. The van der Waals surface area contributed by atoms with Gasteiger partial charge in [-0.15, -0.1) is 11.3 Å². The SMILES string of the molecule is COc1ccc([C@@H](N)c2cccs2)c2ccccc12. The normalized spacial score (nSPS) is 12.5. The predicted molar refractivity (Wildman–Crippen MR) is 80.8 cm³/mol. The van der Waals surface area contributed by atoms with Crippen molar-refractivity contribution in [1.82, 2.24) is 0 Å². The van der Waals surface area contributed by atoms with Crippen molar-refractivity contribution in [3.63, 3.8) is 0 Å². The van der Waals surface area contributed by atoms with Crippen molar-refractivity contribution in [2.45, 2.75) is 6.04 Å². The Morgan fingerprint density at radius 3 is 2.47 bits per heavy atom. The average Bonchev–Trinajstić information content (AvgIpc) is 2.99. The first kappa shape index (κ1) is 12.2. The molecule has 2 N–H and O–H groups in total. The number of nitrogens with two attached hydrogens (primary N) is 1. The van der Waals surface area contributed by atoms with Crippen molar-refractivity contribution in [2.75, 3.05) is 7.11 Å². The third kappa shape index (κ3) is 2.11.